The number of benzene rings is 2. The Balaban J connectivity index is 1.72. The predicted octanol–water partition coefficient (Wildman–Crippen LogP) is 4.16. The first-order valence-corrected chi connectivity index (χ1v) is 7.83. The third kappa shape index (κ3) is 3.23. The highest BCUT2D eigenvalue weighted by molar-refractivity contribution is 7.09. The normalized spacial score (nSPS) is 12.5. The van der Waals surface area contributed by atoms with E-state index in [-0.39, 0.29) is 6.04 Å². The van der Waals surface area contributed by atoms with Crippen LogP contribution in [0.1, 0.15) is 23.5 Å². The molecular weight excluding hydrogens is 280 g/mol. The van der Waals surface area contributed by atoms with Gasteiger partial charge in [0.1, 0.15) is 10.8 Å². The fourth-order valence-electron chi connectivity index (χ4n) is 2.32. The minimum absolute atomic E-state index is 0.275. The lowest BCUT2D eigenvalue weighted by molar-refractivity contribution is 0.415. The second-order valence-corrected chi connectivity index (χ2v) is 5.95. The Morgan fingerprint density at radius 1 is 1.19 bits per heavy atom. The van der Waals surface area contributed by atoms with Crippen molar-refractivity contribution in [3.63, 3.8) is 0 Å². The van der Waals surface area contributed by atoms with Crippen molar-refractivity contribution in [3.8, 4) is 5.75 Å². The van der Waals surface area contributed by atoms with Crippen molar-refractivity contribution in [2.75, 3.05) is 7.11 Å². The molecule has 2 aromatic carbocycles. The van der Waals surface area contributed by atoms with Gasteiger partial charge in [-0.05, 0) is 41.5 Å². The second-order valence-electron chi connectivity index (χ2n) is 5.02. The Hall–Kier alpha value is -1.91. The van der Waals surface area contributed by atoms with Gasteiger partial charge in [0.15, 0.2) is 0 Å². The minimum Gasteiger partial charge on any atom is -0.497 e. The van der Waals surface area contributed by atoms with E-state index in [1.165, 1.54) is 16.3 Å². The Kier molecular flexibility index (Phi) is 4.18. The maximum atomic E-state index is 5.25. The van der Waals surface area contributed by atoms with E-state index >= 15 is 0 Å². The van der Waals surface area contributed by atoms with Gasteiger partial charge in [0.2, 0.25) is 0 Å². The van der Waals surface area contributed by atoms with Crippen molar-refractivity contribution in [3.05, 3.63) is 58.5 Å². The molecule has 0 bridgehead atoms. The molecule has 0 saturated heterocycles. The highest BCUT2D eigenvalue weighted by Crippen LogP contribution is 2.22. The summed E-state index contributed by atoms with van der Waals surface area (Å²) in [6, 6.07) is 12.9. The summed E-state index contributed by atoms with van der Waals surface area (Å²) in [4.78, 5) is 4.34. The Labute approximate surface area is 128 Å². The van der Waals surface area contributed by atoms with Crippen LogP contribution < -0.4 is 10.1 Å². The first kappa shape index (κ1) is 14.0. The summed E-state index contributed by atoms with van der Waals surface area (Å²) in [6.07, 6.45) is 1.85. The summed E-state index contributed by atoms with van der Waals surface area (Å²) in [5.74, 6) is 0.894. The molecule has 1 unspecified atom stereocenters. The van der Waals surface area contributed by atoms with Crippen molar-refractivity contribution in [2.24, 2.45) is 0 Å². The lowest BCUT2D eigenvalue weighted by Gasteiger charge is -2.12. The molecule has 0 spiro atoms. The summed E-state index contributed by atoms with van der Waals surface area (Å²) < 4.78 is 5.25. The summed E-state index contributed by atoms with van der Waals surface area (Å²) >= 11 is 1.69. The largest absolute Gasteiger partial charge is 0.497 e. The van der Waals surface area contributed by atoms with Crippen molar-refractivity contribution < 1.29 is 4.74 Å². The van der Waals surface area contributed by atoms with Gasteiger partial charge in [-0.2, -0.15) is 0 Å². The molecule has 0 aliphatic heterocycles. The monoisotopic (exact) mass is 298 g/mol. The molecule has 3 rings (SSSR count). The summed E-state index contributed by atoms with van der Waals surface area (Å²) in [6.45, 7) is 2.98. The van der Waals surface area contributed by atoms with Gasteiger partial charge in [0.05, 0.1) is 13.2 Å². The molecule has 1 N–H and O–H groups in total. The van der Waals surface area contributed by atoms with Gasteiger partial charge in [0.25, 0.3) is 0 Å². The number of hydrogen-bond acceptors (Lipinski definition) is 4. The number of hydrogen-bond donors (Lipinski definition) is 1. The molecule has 0 aliphatic carbocycles. The number of nitrogens with one attached hydrogen (secondary N) is 1. The molecule has 1 atom stereocenters. The van der Waals surface area contributed by atoms with Gasteiger partial charge in [-0.25, -0.2) is 4.98 Å². The van der Waals surface area contributed by atoms with Crippen LogP contribution in [-0.2, 0) is 6.54 Å². The first-order valence-electron chi connectivity index (χ1n) is 6.96. The quantitative estimate of drug-likeness (QED) is 0.768. The summed E-state index contributed by atoms with van der Waals surface area (Å²) in [5.41, 5.74) is 1.27. The zero-order chi connectivity index (χ0) is 14.7. The molecule has 1 aromatic heterocycles. The average molecular weight is 298 g/mol. The van der Waals surface area contributed by atoms with E-state index in [1.807, 2.05) is 17.6 Å². The van der Waals surface area contributed by atoms with Gasteiger partial charge in [-0.15, -0.1) is 11.3 Å². The lowest BCUT2D eigenvalue weighted by Crippen LogP contribution is -2.17. The zero-order valence-corrected chi connectivity index (χ0v) is 13.0. The van der Waals surface area contributed by atoms with Crippen LogP contribution in [0.25, 0.3) is 10.8 Å². The van der Waals surface area contributed by atoms with Gasteiger partial charge in [0, 0.05) is 18.1 Å². The van der Waals surface area contributed by atoms with Crippen LogP contribution in [0.4, 0.5) is 0 Å². The standard InChI is InChI=1S/C17H18N2OS/c1-12(17-18-7-8-21-17)19-11-13-3-4-15-10-16(20-2)6-5-14(15)9-13/h3-10,12,19H,11H2,1-2H3. The number of fused-ring (bicyclic) bond motifs is 1. The Morgan fingerprint density at radius 3 is 2.76 bits per heavy atom. The van der Waals surface area contributed by atoms with E-state index in [0.29, 0.717) is 0 Å². The molecule has 0 aliphatic rings. The van der Waals surface area contributed by atoms with Crippen LogP contribution in [0.15, 0.2) is 48.0 Å². The molecule has 3 nitrogen and oxygen atoms in total. The van der Waals surface area contributed by atoms with Gasteiger partial charge >= 0.3 is 0 Å². The fourth-order valence-corrected chi connectivity index (χ4v) is 2.99. The molecule has 4 heteroatoms. The smallest absolute Gasteiger partial charge is 0.119 e. The van der Waals surface area contributed by atoms with Crippen LogP contribution in [0, 0.1) is 0 Å². The molecule has 0 fully saturated rings. The minimum atomic E-state index is 0.275. The number of methoxy groups -OCH3 is 1. The van der Waals surface area contributed by atoms with Crippen molar-refractivity contribution in [1.29, 1.82) is 0 Å². The second kappa shape index (κ2) is 6.24. The molecule has 3 aromatic rings. The highest BCUT2D eigenvalue weighted by atomic mass is 32.1. The highest BCUT2D eigenvalue weighted by Gasteiger charge is 2.07. The van der Waals surface area contributed by atoms with E-state index in [9.17, 15) is 0 Å². The van der Waals surface area contributed by atoms with Crippen molar-refractivity contribution in [1.82, 2.24) is 10.3 Å². The topological polar surface area (TPSA) is 34.1 Å². The lowest BCUT2D eigenvalue weighted by atomic mass is 10.1. The third-order valence-corrected chi connectivity index (χ3v) is 4.50. The number of aromatic nitrogens is 1. The predicted molar refractivity (Wildman–Crippen MR) is 87.9 cm³/mol. The molecule has 0 saturated carbocycles. The summed E-state index contributed by atoms with van der Waals surface area (Å²) in [5, 5.41) is 9.08. The molecule has 21 heavy (non-hydrogen) atoms. The average Bonchev–Trinajstić information content (AvgIpc) is 3.06. The summed E-state index contributed by atoms with van der Waals surface area (Å²) in [7, 11) is 1.69. The number of thiazole rings is 1. The van der Waals surface area contributed by atoms with Crippen LogP contribution in [0.3, 0.4) is 0 Å². The Morgan fingerprint density at radius 2 is 2.00 bits per heavy atom. The maximum absolute atomic E-state index is 5.25. The maximum Gasteiger partial charge on any atom is 0.119 e. The number of rotatable bonds is 5. The van der Waals surface area contributed by atoms with E-state index in [4.69, 9.17) is 4.74 Å². The molecular formula is C17H18N2OS. The number of ether oxygens (including phenoxy) is 1. The Bertz CT molecular complexity index is 725. The van der Waals surface area contributed by atoms with Crippen LogP contribution in [-0.4, -0.2) is 12.1 Å². The molecule has 0 amide bonds. The van der Waals surface area contributed by atoms with Crippen LogP contribution in [0.5, 0.6) is 5.75 Å². The molecule has 1 heterocycles. The van der Waals surface area contributed by atoms with E-state index in [1.54, 1.807) is 18.4 Å². The first-order chi connectivity index (χ1) is 10.3. The van der Waals surface area contributed by atoms with Gasteiger partial charge in [-0.3, -0.25) is 0 Å². The van der Waals surface area contributed by atoms with Crippen molar-refractivity contribution >= 4 is 22.1 Å². The van der Waals surface area contributed by atoms with Gasteiger partial charge in [-0.1, -0.05) is 18.2 Å². The SMILES string of the molecule is COc1ccc2cc(CNC(C)c3nccs3)ccc2c1. The van der Waals surface area contributed by atoms with E-state index in [0.717, 1.165) is 17.3 Å². The molecule has 108 valence electrons. The van der Waals surface area contributed by atoms with E-state index < -0.39 is 0 Å². The van der Waals surface area contributed by atoms with Gasteiger partial charge < -0.3 is 10.1 Å². The third-order valence-electron chi connectivity index (χ3n) is 3.55. The van der Waals surface area contributed by atoms with Crippen LogP contribution >= 0.6 is 11.3 Å². The zero-order valence-electron chi connectivity index (χ0n) is 12.2. The van der Waals surface area contributed by atoms with Crippen LogP contribution in [0.2, 0.25) is 0 Å². The van der Waals surface area contributed by atoms with Crippen molar-refractivity contribution in [2.45, 2.75) is 19.5 Å². The molecule has 0 radical (unpaired) electrons. The fraction of sp³-hybridized carbons (Fsp3) is 0.235. The van der Waals surface area contributed by atoms with E-state index in [2.05, 4.69) is 47.6 Å². The number of nitrogens with zero attached hydrogens (tertiary/aromatic N) is 1.